The Morgan fingerprint density at radius 2 is 2.00 bits per heavy atom. The third-order valence-corrected chi connectivity index (χ3v) is 3.67. The third kappa shape index (κ3) is 2.94. The van der Waals surface area contributed by atoms with E-state index in [1.165, 1.54) is 12.1 Å². The molecule has 0 bridgehead atoms. The van der Waals surface area contributed by atoms with Gasteiger partial charge < -0.3 is 10.5 Å². The molecule has 2 nitrogen and oxygen atoms in total. The lowest BCUT2D eigenvalue weighted by Gasteiger charge is -2.15. The summed E-state index contributed by atoms with van der Waals surface area (Å²) in [7, 11) is 0. The molecule has 0 aromatic heterocycles. The number of rotatable bonds is 4. The molecule has 2 aromatic rings. The molecular weight excluding hydrogens is 277 g/mol. The SMILES string of the molecule is NC(c1cccc(OC2CC2)c1)c1ccc(F)cc1Cl. The predicted molar refractivity (Wildman–Crippen MR) is 77.5 cm³/mol. The Hall–Kier alpha value is -1.58. The topological polar surface area (TPSA) is 35.2 Å². The maximum atomic E-state index is 13.1. The molecule has 1 atom stereocenters. The van der Waals surface area contributed by atoms with Crippen LogP contribution in [0.2, 0.25) is 5.02 Å². The normalized spacial score (nSPS) is 15.9. The Morgan fingerprint density at radius 3 is 2.70 bits per heavy atom. The largest absolute Gasteiger partial charge is 0.490 e. The Morgan fingerprint density at radius 1 is 1.20 bits per heavy atom. The van der Waals surface area contributed by atoms with E-state index >= 15 is 0 Å². The van der Waals surface area contributed by atoms with Crippen molar-refractivity contribution < 1.29 is 9.13 Å². The van der Waals surface area contributed by atoms with Gasteiger partial charge in [-0.3, -0.25) is 0 Å². The van der Waals surface area contributed by atoms with Crippen molar-refractivity contribution >= 4 is 11.6 Å². The van der Waals surface area contributed by atoms with E-state index in [4.69, 9.17) is 22.1 Å². The summed E-state index contributed by atoms with van der Waals surface area (Å²) in [6, 6.07) is 11.5. The predicted octanol–water partition coefficient (Wildman–Crippen LogP) is 4.07. The zero-order valence-electron chi connectivity index (χ0n) is 10.9. The number of halogens is 2. The van der Waals surface area contributed by atoms with E-state index in [1.807, 2.05) is 24.3 Å². The van der Waals surface area contributed by atoms with E-state index in [0.29, 0.717) is 16.7 Å². The fourth-order valence-corrected chi connectivity index (χ4v) is 2.38. The Kier molecular flexibility index (Phi) is 3.64. The smallest absolute Gasteiger partial charge is 0.124 e. The quantitative estimate of drug-likeness (QED) is 0.921. The summed E-state index contributed by atoms with van der Waals surface area (Å²) in [6.45, 7) is 0. The van der Waals surface area contributed by atoms with Crippen LogP contribution < -0.4 is 10.5 Å². The average Bonchev–Trinajstić information content (AvgIpc) is 3.22. The second-order valence-corrected chi connectivity index (χ2v) is 5.44. The van der Waals surface area contributed by atoms with Gasteiger partial charge >= 0.3 is 0 Å². The highest BCUT2D eigenvalue weighted by atomic mass is 35.5. The minimum atomic E-state index is -0.397. The van der Waals surface area contributed by atoms with Crippen LogP contribution >= 0.6 is 11.6 Å². The molecule has 2 aromatic carbocycles. The van der Waals surface area contributed by atoms with Gasteiger partial charge in [0.2, 0.25) is 0 Å². The summed E-state index contributed by atoms with van der Waals surface area (Å²) in [6.07, 6.45) is 2.57. The second kappa shape index (κ2) is 5.43. The van der Waals surface area contributed by atoms with Crippen LogP contribution in [-0.4, -0.2) is 6.10 Å². The van der Waals surface area contributed by atoms with E-state index in [0.717, 1.165) is 24.2 Å². The van der Waals surface area contributed by atoms with Crippen LogP contribution in [0.25, 0.3) is 0 Å². The molecule has 20 heavy (non-hydrogen) atoms. The van der Waals surface area contributed by atoms with Crippen molar-refractivity contribution in [2.75, 3.05) is 0 Å². The van der Waals surface area contributed by atoms with E-state index in [2.05, 4.69) is 0 Å². The van der Waals surface area contributed by atoms with Gasteiger partial charge in [0.15, 0.2) is 0 Å². The van der Waals surface area contributed by atoms with Crippen molar-refractivity contribution in [1.82, 2.24) is 0 Å². The first-order valence-electron chi connectivity index (χ1n) is 6.60. The highest BCUT2D eigenvalue weighted by molar-refractivity contribution is 6.31. The Bertz CT molecular complexity index is 628. The van der Waals surface area contributed by atoms with Gasteiger partial charge in [0.1, 0.15) is 11.6 Å². The molecule has 1 fully saturated rings. The van der Waals surface area contributed by atoms with Crippen molar-refractivity contribution in [3.63, 3.8) is 0 Å². The minimum absolute atomic E-state index is 0.339. The molecule has 0 amide bonds. The van der Waals surface area contributed by atoms with Crippen LogP contribution in [0, 0.1) is 5.82 Å². The minimum Gasteiger partial charge on any atom is -0.490 e. The molecule has 1 aliphatic carbocycles. The summed E-state index contributed by atoms with van der Waals surface area (Å²) >= 11 is 6.06. The van der Waals surface area contributed by atoms with Crippen LogP contribution in [0.1, 0.15) is 30.0 Å². The van der Waals surface area contributed by atoms with Gasteiger partial charge in [-0.05, 0) is 48.2 Å². The number of benzene rings is 2. The molecule has 1 aliphatic rings. The summed E-state index contributed by atoms with van der Waals surface area (Å²) in [4.78, 5) is 0. The van der Waals surface area contributed by atoms with E-state index in [-0.39, 0.29) is 5.82 Å². The van der Waals surface area contributed by atoms with Gasteiger partial charge in [-0.25, -0.2) is 4.39 Å². The van der Waals surface area contributed by atoms with E-state index in [9.17, 15) is 4.39 Å². The van der Waals surface area contributed by atoms with Crippen LogP contribution in [0.4, 0.5) is 4.39 Å². The zero-order chi connectivity index (χ0) is 14.1. The van der Waals surface area contributed by atoms with Crippen molar-refractivity contribution in [2.45, 2.75) is 25.0 Å². The standard InChI is InChI=1S/C16H15ClFNO/c17-15-9-11(18)4-7-14(15)16(19)10-2-1-3-13(8-10)20-12-5-6-12/h1-4,7-9,12,16H,5-6,19H2. The highest BCUT2D eigenvalue weighted by Crippen LogP contribution is 2.31. The molecule has 0 spiro atoms. The molecule has 3 rings (SSSR count). The number of hydrogen-bond donors (Lipinski definition) is 1. The van der Waals surface area contributed by atoms with E-state index in [1.54, 1.807) is 6.07 Å². The summed E-state index contributed by atoms with van der Waals surface area (Å²) in [5.41, 5.74) is 7.82. The van der Waals surface area contributed by atoms with Crippen LogP contribution in [-0.2, 0) is 0 Å². The van der Waals surface area contributed by atoms with Gasteiger partial charge in [-0.1, -0.05) is 29.8 Å². The Labute approximate surface area is 122 Å². The van der Waals surface area contributed by atoms with Crippen LogP contribution in [0.3, 0.4) is 0 Å². The molecule has 4 heteroatoms. The molecular formula is C16H15ClFNO. The van der Waals surface area contributed by atoms with Gasteiger partial charge in [-0.2, -0.15) is 0 Å². The lowest BCUT2D eigenvalue weighted by molar-refractivity contribution is 0.303. The third-order valence-electron chi connectivity index (χ3n) is 3.34. The number of nitrogens with two attached hydrogens (primary N) is 1. The molecule has 0 saturated heterocycles. The molecule has 1 unspecified atom stereocenters. The Balaban J connectivity index is 1.86. The summed E-state index contributed by atoms with van der Waals surface area (Å²) in [5.74, 6) is 0.454. The number of hydrogen-bond acceptors (Lipinski definition) is 2. The first-order chi connectivity index (χ1) is 9.63. The second-order valence-electron chi connectivity index (χ2n) is 5.03. The van der Waals surface area contributed by atoms with Crippen molar-refractivity contribution in [2.24, 2.45) is 5.73 Å². The molecule has 1 saturated carbocycles. The maximum absolute atomic E-state index is 13.1. The first-order valence-corrected chi connectivity index (χ1v) is 6.98. The van der Waals surface area contributed by atoms with Gasteiger partial charge in [0.25, 0.3) is 0 Å². The van der Waals surface area contributed by atoms with Gasteiger partial charge in [-0.15, -0.1) is 0 Å². The molecule has 2 N–H and O–H groups in total. The highest BCUT2D eigenvalue weighted by Gasteiger charge is 2.23. The first kappa shape index (κ1) is 13.4. The van der Waals surface area contributed by atoms with Gasteiger partial charge in [0, 0.05) is 5.02 Å². The molecule has 104 valence electrons. The molecule has 0 aliphatic heterocycles. The molecule has 0 heterocycles. The van der Waals surface area contributed by atoms with Crippen LogP contribution in [0.5, 0.6) is 5.75 Å². The summed E-state index contributed by atoms with van der Waals surface area (Å²) in [5, 5.41) is 0.339. The lowest BCUT2D eigenvalue weighted by atomic mass is 9.99. The zero-order valence-corrected chi connectivity index (χ0v) is 11.6. The fourth-order valence-electron chi connectivity index (χ4n) is 2.09. The van der Waals surface area contributed by atoms with Crippen LogP contribution in [0.15, 0.2) is 42.5 Å². The average molecular weight is 292 g/mol. The van der Waals surface area contributed by atoms with E-state index < -0.39 is 6.04 Å². The lowest BCUT2D eigenvalue weighted by Crippen LogP contribution is -2.12. The monoisotopic (exact) mass is 291 g/mol. The van der Waals surface area contributed by atoms with Crippen molar-refractivity contribution in [3.05, 3.63) is 64.4 Å². The van der Waals surface area contributed by atoms with Gasteiger partial charge in [0.05, 0.1) is 12.1 Å². The van der Waals surface area contributed by atoms with Crippen molar-refractivity contribution in [1.29, 1.82) is 0 Å². The summed E-state index contributed by atoms with van der Waals surface area (Å²) < 4.78 is 18.8. The van der Waals surface area contributed by atoms with Crippen molar-refractivity contribution in [3.8, 4) is 5.75 Å². The fraction of sp³-hybridized carbons (Fsp3) is 0.250. The molecule has 0 radical (unpaired) electrons. The maximum Gasteiger partial charge on any atom is 0.124 e. The number of ether oxygens (including phenoxy) is 1.